The quantitative estimate of drug-likeness (QED) is 0.649. The third-order valence-electron chi connectivity index (χ3n) is 7.78. The van der Waals surface area contributed by atoms with Crippen LogP contribution in [0.25, 0.3) is 10.9 Å². The van der Waals surface area contributed by atoms with Gasteiger partial charge in [0, 0.05) is 42.1 Å². The molecule has 3 aliphatic rings. The van der Waals surface area contributed by atoms with E-state index < -0.39 is 5.54 Å². The first-order valence-electron chi connectivity index (χ1n) is 12.0. The van der Waals surface area contributed by atoms with Crippen molar-refractivity contribution in [2.75, 3.05) is 33.4 Å². The number of nitrogens with zero attached hydrogens (tertiary/aromatic N) is 2. The summed E-state index contributed by atoms with van der Waals surface area (Å²) in [5.41, 5.74) is 2.75. The molecule has 3 aliphatic heterocycles. The third kappa shape index (κ3) is 2.99. The number of H-pyrrole nitrogens is 1. The van der Waals surface area contributed by atoms with E-state index in [1.807, 2.05) is 43.3 Å². The fourth-order valence-corrected chi connectivity index (χ4v) is 6.09. The maximum atomic E-state index is 14.1. The van der Waals surface area contributed by atoms with Crippen LogP contribution in [0, 0.1) is 0 Å². The van der Waals surface area contributed by atoms with Crippen molar-refractivity contribution < 1.29 is 19.1 Å². The van der Waals surface area contributed by atoms with Crippen molar-refractivity contribution >= 4 is 22.7 Å². The molecule has 34 heavy (non-hydrogen) atoms. The van der Waals surface area contributed by atoms with Crippen molar-refractivity contribution in [2.45, 2.75) is 37.3 Å². The lowest BCUT2D eigenvalue weighted by Gasteiger charge is -2.51. The molecule has 0 unspecified atom stereocenters. The zero-order valence-corrected chi connectivity index (χ0v) is 19.5. The Labute approximate surface area is 198 Å². The predicted molar refractivity (Wildman–Crippen MR) is 128 cm³/mol. The number of fused-ring (bicyclic) bond motifs is 5. The minimum atomic E-state index is -1.10. The van der Waals surface area contributed by atoms with Gasteiger partial charge in [-0.1, -0.05) is 36.4 Å². The molecule has 2 amide bonds. The lowest BCUT2D eigenvalue weighted by molar-refractivity contribution is -0.167. The second-order valence-electron chi connectivity index (χ2n) is 9.65. The van der Waals surface area contributed by atoms with E-state index in [1.54, 1.807) is 16.9 Å². The number of piperazine rings is 1. The van der Waals surface area contributed by atoms with Gasteiger partial charge in [0.2, 0.25) is 5.91 Å². The molecule has 0 radical (unpaired) electrons. The minimum Gasteiger partial charge on any atom is -0.496 e. The first-order chi connectivity index (χ1) is 16.5. The highest BCUT2D eigenvalue weighted by Gasteiger charge is 2.56. The summed E-state index contributed by atoms with van der Waals surface area (Å²) in [5, 5.41) is 1.07. The molecule has 0 saturated carbocycles. The van der Waals surface area contributed by atoms with Crippen LogP contribution >= 0.6 is 0 Å². The first-order valence-corrected chi connectivity index (χ1v) is 12.0. The van der Waals surface area contributed by atoms with Gasteiger partial charge in [0.05, 0.1) is 25.5 Å². The summed E-state index contributed by atoms with van der Waals surface area (Å²) in [7, 11) is 1.67. The van der Waals surface area contributed by atoms with E-state index in [9.17, 15) is 9.59 Å². The van der Waals surface area contributed by atoms with Crippen LogP contribution in [0.3, 0.4) is 0 Å². The topological polar surface area (TPSA) is 74.9 Å². The molecule has 0 bridgehead atoms. The van der Waals surface area contributed by atoms with E-state index in [1.165, 1.54) is 0 Å². The van der Waals surface area contributed by atoms with Crippen molar-refractivity contribution in [1.82, 2.24) is 14.8 Å². The van der Waals surface area contributed by atoms with Crippen molar-refractivity contribution in [3.8, 4) is 5.75 Å². The van der Waals surface area contributed by atoms with Crippen LogP contribution in [0.4, 0.5) is 0 Å². The average molecular weight is 460 g/mol. The van der Waals surface area contributed by atoms with Gasteiger partial charge in [-0.3, -0.25) is 9.59 Å². The Morgan fingerprint density at radius 2 is 1.94 bits per heavy atom. The second-order valence-corrected chi connectivity index (χ2v) is 9.65. The maximum absolute atomic E-state index is 14.1. The number of para-hydroxylation sites is 2. The van der Waals surface area contributed by atoms with Crippen LogP contribution in [-0.4, -0.2) is 66.1 Å². The Morgan fingerprint density at radius 3 is 2.74 bits per heavy atom. The molecule has 6 rings (SSSR count). The zero-order valence-electron chi connectivity index (χ0n) is 19.5. The number of benzene rings is 2. The molecule has 0 aliphatic carbocycles. The van der Waals surface area contributed by atoms with Gasteiger partial charge >= 0.3 is 0 Å². The molecular formula is C27H29N3O4. The molecule has 7 heteroatoms. The Morgan fingerprint density at radius 1 is 1.15 bits per heavy atom. The molecule has 0 spiro atoms. The number of methoxy groups -OCH3 is 1. The number of hydrogen-bond acceptors (Lipinski definition) is 4. The van der Waals surface area contributed by atoms with Crippen molar-refractivity contribution in [3.63, 3.8) is 0 Å². The summed E-state index contributed by atoms with van der Waals surface area (Å²) < 4.78 is 11.5. The standard InChI is InChI=1S/C27H29N3O4/c1-27-25-24(19-10-3-5-11-21(19)28-25)20(18-9-4-6-12-22(18)33-2)15-30(27)23(31)16-29(26(27)32)14-17-8-7-13-34-17/h3-6,9-12,17,20,28H,7-8,13-16H2,1-2H3/t17-,20-,27-/m0/s1. The van der Waals surface area contributed by atoms with Crippen LogP contribution in [0.2, 0.25) is 0 Å². The number of amides is 2. The van der Waals surface area contributed by atoms with Gasteiger partial charge in [0.15, 0.2) is 5.54 Å². The van der Waals surface area contributed by atoms with Crippen molar-refractivity contribution in [1.29, 1.82) is 0 Å². The number of rotatable bonds is 4. The average Bonchev–Trinajstić information content (AvgIpc) is 3.51. The van der Waals surface area contributed by atoms with E-state index >= 15 is 0 Å². The summed E-state index contributed by atoms with van der Waals surface area (Å²) in [5.74, 6) is 0.582. The van der Waals surface area contributed by atoms with Gasteiger partial charge in [0.1, 0.15) is 5.75 Å². The zero-order chi connectivity index (χ0) is 23.4. The molecule has 7 nitrogen and oxygen atoms in total. The number of aromatic amines is 1. The highest BCUT2D eigenvalue weighted by molar-refractivity contribution is 6.01. The number of carbonyl (C=O) groups excluding carboxylic acids is 2. The Hall–Kier alpha value is -3.32. The van der Waals surface area contributed by atoms with E-state index in [0.29, 0.717) is 13.1 Å². The minimum absolute atomic E-state index is 0.000923. The smallest absolute Gasteiger partial charge is 0.255 e. The van der Waals surface area contributed by atoms with Crippen LogP contribution in [0.5, 0.6) is 5.75 Å². The molecule has 2 aromatic carbocycles. The maximum Gasteiger partial charge on any atom is 0.255 e. The number of hydrogen-bond donors (Lipinski definition) is 1. The van der Waals surface area contributed by atoms with Crippen molar-refractivity contribution in [2.24, 2.45) is 0 Å². The lowest BCUT2D eigenvalue weighted by Crippen LogP contribution is -2.68. The number of ether oxygens (including phenoxy) is 2. The second kappa shape index (κ2) is 7.87. The molecule has 1 aromatic heterocycles. The van der Waals surface area contributed by atoms with Crippen LogP contribution in [-0.2, 0) is 19.9 Å². The Balaban J connectivity index is 1.52. The SMILES string of the molecule is COc1ccccc1[C@@H]1CN2C(=O)CN(C[C@@H]3CCCO3)C(=O)[C@]2(C)c2[nH]c3ccccc3c21. The Kier molecular flexibility index (Phi) is 4.92. The van der Waals surface area contributed by atoms with Gasteiger partial charge in [-0.2, -0.15) is 0 Å². The van der Waals surface area contributed by atoms with Gasteiger partial charge in [-0.15, -0.1) is 0 Å². The molecule has 3 atom stereocenters. The molecule has 1 N–H and O–H groups in total. The molecule has 176 valence electrons. The number of carbonyl (C=O) groups is 2. The fourth-order valence-electron chi connectivity index (χ4n) is 6.09. The highest BCUT2D eigenvalue weighted by atomic mass is 16.5. The molecule has 2 fully saturated rings. The largest absolute Gasteiger partial charge is 0.496 e. The van der Waals surface area contributed by atoms with Crippen LogP contribution < -0.4 is 4.74 Å². The summed E-state index contributed by atoms with van der Waals surface area (Å²) >= 11 is 0. The van der Waals surface area contributed by atoms with Crippen molar-refractivity contribution in [3.05, 3.63) is 65.4 Å². The third-order valence-corrected chi connectivity index (χ3v) is 7.78. The molecule has 2 saturated heterocycles. The van der Waals surface area contributed by atoms with E-state index in [-0.39, 0.29) is 30.4 Å². The van der Waals surface area contributed by atoms with E-state index in [4.69, 9.17) is 9.47 Å². The highest BCUT2D eigenvalue weighted by Crippen LogP contribution is 2.49. The number of nitrogens with one attached hydrogen (secondary N) is 1. The molecule has 4 heterocycles. The Bertz CT molecular complexity index is 1280. The molecular weight excluding hydrogens is 430 g/mol. The van der Waals surface area contributed by atoms with Gasteiger partial charge in [-0.05, 0) is 37.5 Å². The van der Waals surface area contributed by atoms with Gasteiger partial charge in [-0.25, -0.2) is 0 Å². The summed E-state index contributed by atoms with van der Waals surface area (Å²) in [6, 6.07) is 16.1. The van der Waals surface area contributed by atoms with E-state index in [0.717, 1.165) is 52.9 Å². The predicted octanol–water partition coefficient (Wildman–Crippen LogP) is 3.39. The van der Waals surface area contributed by atoms with Gasteiger partial charge in [0.25, 0.3) is 5.91 Å². The van der Waals surface area contributed by atoms with E-state index in [2.05, 4.69) is 17.1 Å². The van der Waals surface area contributed by atoms with Crippen LogP contribution in [0.1, 0.15) is 42.5 Å². The molecule has 3 aromatic rings. The number of aromatic nitrogens is 1. The summed E-state index contributed by atoms with van der Waals surface area (Å²) in [6.45, 7) is 3.57. The van der Waals surface area contributed by atoms with Crippen LogP contribution in [0.15, 0.2) is 48.5 Å². The van der Waals surface area contributed by atoms with Gasteiger partial charge < -0.3 is 24.3 Å². The summed E-state index contributed by atoms with van der Waals surface area (Å²) in [6.07, 6.45) is 1.92. The normalized spacial score (nSPS) is 26.6. The first kappa shape index (κ1) is 21.2. The lowest BCUT2D eigenvalue weighted by atomic mass is 9.76. The monoisotopic (exact) mass is 459 g/mol. The summed E-state index contributed by atoms with van der Waals surface area (Å²) in [4.78, 5) is 34.6. The fraction of sp³-hybridized carbons (Fsp3) is 0.407.